The third-order valence-corrected chi connectivity index (χ3v) is 11.4. The topological polar surface area (TPSA) is 144 Å². The van der Waals surface area contributed by atoms with Gasteiger partial charge in [-0.2, -0.15) is 0 Å². The van der Waals surface area contributed by atoms with Crippen molar-refractivity contribution in [3.8, 4) is 17.2 Å². The number of methoxy groups -OCH3 is 2. The maximum absolute atomic E-state index is 14.4. The summed E-state index contributed by atoms with van der Waals surface area (Å²) in [5.41, 5.74) is -0.467. The number of piperidine rings is 1. The number of nitrogens with zero attached hydrogens (tertiary/aromatic N) is 2. The van der Waals surface area contributed by atoms with Gasteiger partial charge in [-0.3, -0.25) is 24.2 Å². The van der Waals surface area contributed by atoms with Crippen molar-refractivity contribution in [2.75, 3.05) is 33.6 Å². The Labute approximate surface area is 312 Å². The molecule has 13 heteroatoms. The van der Waals surface area contributed by atoms with Crippen molar-refractivity contribution in [2.45, 2.75) is 67.9 Å². The zero-order valence-electron chi connectivity index (χ0n) is 29.6. The Bertz CT molecular complexity index is 1900. The van der Waals surface area contributed by atoms with Gasteiger partial charge < -0.3 is 29.5 Å². The maximum Gasteiger partial charge on any atom is 0.231 e. The first-order valence-corrected chi connectivity index (χ1v) is 18.9. The van der Waals surface area contributed by atoms with Crippen molar-refractivity contribution < 1.29 is 38.5 Å². The van der Waals surface area contributed by atoms with Gasteiger partial charge in [0.1, 0.15) is 22.1 Å². The summed E-state index contributed by atoms with van der Waals surface area (Å²) >= 11 is 8.15. The molecule has 11 nitrogen and oxygen atoms in total. The number of ether oxygens (including phenoxy) is 3. The van der Waals surface area contributed by atoms with Crippen LogP contribution in [0.2, 0.25) is 5.02 Å². The summed E-state index contributed by atoms with van der Waals surface area (Å²) in [6, 6.07) is 12.6. The van der Waals surface area contributed by atoms with Gasteiger partial charge in [0.05, 0.1) is 20.3 Å². The Morgan fingerprint density at radius 1 is 1.15 bits per heavy atom. The lowest BCUT2D eigenvalue weighted by Gasteiger charge is -2.38. The number of rotatable bonds is 11. The van der Waals surface area contributed by atoms with Crippen molar-refractivity contribution in [3.63, 3.8) is 0 Å². The van der Waals surface area contributed by atoms with Crippen molar-refractivity contribution in [2.24, 2.45) is 5.92 Å². The molecule has 0 saturated carbocycles. The first-order valence-electron chi connectivity index (χ1n) is 17.3. The van der Waals surface area contributed by atoms with E-state index in [4.69, 9.17) is 25.8 Å². The number of hydrogen-bond donors (Lipinski definition) is 2. The minimum Gasteiger partial charge on any atom is -0.507 e. The predicted octanol–water partition coefficient (Wildman–Crippen LogP) is 6.64. The summed E-state index contributed by atoms with van der Waals surface area (Å²) in [5, 5.41) is 15.0. The van der Waals surface area contributed by atoms with E-state index in [1.165, 1.54) is 32.0 Å². The van der Waals surface area contributed by atoms with Crippen LogP contribution >= 0.6 is 23.4 Å². The van der Waals surface area contributed by atoms with E-state index < -0.39 is 40.7 Å². The van der Waals surface area contributed by atoms with Crippen molar-refractivity contribution in [3.05, 3.63) is 87.9 Å². The van der Waals surface area contributed by atoms with Crippen LogP contribution in [0, 0.1) is 5.92 Å². The van der Waals surface area contributed by atoms with E-state index in [1.807, 2.05) is 35.4 Å². The second-order valence-corrected chi connectivity index (χ2v) is 14.5. The molecule has 2 aliphatic heterocycles. The molecule has 1 fully saturated rings. The highest BCUT2D eigenvalue weighted by Crippen LogP contribution is 2.55. The highest BCUT2D eigenvalue weighted by atomic mass is 35.5. The number of thioether (sulfide) groups is 1. The average molecular weight is 748 g/mol. The number of ketones is 2. The van der Waals surface area contributed by atoms with E-state index in [9.17, 15) is 24.3 Å². The molecule has 3 aliphatic rings. The smallest absolute Gasteiger partial charge is 0.231 e. The van der Waals surface area contributed by atoms with Gasteiger partial charge in [0.2, 0.25) is 23.2 Å². The second-order valence-electron chi connectivity index (χ2n) is 13.3. The van der Waals surface area contributed by atoms with Crippen LogP contribution in [0.3, 0.4) is 0 Å². The molecule has 274 valence electrons. The van der Waals surface area contributed by atoms with Gasteiger partial charge in [-0.05, 0) is 54.8 Å². The predicted molar refractivity (Wildman–Crippen MR) is 196 cm³/mol. The number of allylic oxidation sites excluding steroid dienone is 1. The minimum atomic E-state index is -1.99. The van der Waals surface area contributed by atoms with Crippen LogP contribution < -0.4 is 19.5 Å². The summed E-state index contributed by atoms with van der Waals surface area (Å²) in [5.74, 6) is -3.47. The van der Waals surface area contributed by atoms with Crippen LogP contribution in [-0.4, -0.2) is 77.5 Å². The Morgan fingerprint density at radius 2 is 1.90 bits per heavy atom. The van der Waals surface area contributed by atoms with E-state index in [0.717, 1.165) is 29.7 Å². The molecule has 6 rings (SSSR count). The number of aromatic nitrogens is 1. The number of Topliss-reactive ketones (excluding diaryl/α,β-unsaturated/α-hetero) is 2. The molecule has 1 aliphatic carbocycles. The number of halogens is 1. The van der Waals surface area contributed by atoms with Crippen molar-refractivity contribution in [1.82, 2.24) is 15.2 Å². The number of carbonyl (C=O) groups is 4. The lowest BCUT2D eigenvalue weighted by Crippen LogP contribution is -2.53. The van der Waals surface area contributed by atoms with Gasteiger partial charge in [-0.15, -0.1) is 11.8 Å². The summed E-state index contributed by atoms with van der Waals surface area (Å²) in [6.45, 7) is 2.37. The van der Waals surface area contributed by atoms with Gasteiger partial charge >= 0.3 is 0 Å². The third-order valence-electron chi connectivity index (χ3n) is 10.3. The number of pyridine rings is 1. The Hall–Kier alpha value is -4.55. The SMILES string of the molecule is COc1cc(OC)c2c(c1Cl)O[C@]1(C2=O)C(O)=C(C(CC(=O)NCCC(=O)N2CCCCC2c2cccnc2)c2ccc(SC)cc2)C(=O)C[C@H]1C. The molecule has 2 unspecified atom stereocenters. The highest BCUT2D eigenvalue weighted by Gasteiger charge is 2.61. The van der Waals surface area contributed by atoms with Crippen LogP contribution in [0.1, 0.15) is 78.9 Å². The zero-order valence-corrected chi connectivity index (χ0v) is 31.1. The molecule has 0 radical (unpaired) electrons. The molecule has 1 aromatic heterocycles. The Balaban J connectivity index is 1.28. The van der Waals surface area contributed by atoms with Crippen LogP contribution in [-0.2, 0) is 14.4 Å². The van der Waals surface area contributed by atoms with E-state index in [2.05, 4.69) is 10.3 Å². The monoisotopic (exact) mass is 747 g/mol. The van der Waals surface area contributed by atoms with Crippen LogP contribution in [0.15, 0.2) is 71.1 Å². The van der Waals surface area contributed by atoms with Crippen molar-refractivity contribution in [1.29, 1.82) is 0 Å². The Kier molecular flexibility index (Phi) is 11.2. The van der Waals surface area contributed by atoms with Gasteiger partial charge in [-0.1, -0.05) is 36.7 Å². The fourth-order valence-corrected chi connectivity index (χ4v) is 8.29. The molecule has 2 aromatic carbocycles. The minimum absolute atomic E-state index is 0.0160. The largest absolute Gasteiger partial charge is 0.507 e. The number of fused-ring (bicyclic) bond motifs is 1. The lowest BCUT2D eigenvalue weighted by molar-refractivity contribution is -0.135. The Morgan fingerprint density at radius 3 is 2.58 bits per heavy atom. The maximum atomic E-state index is 14.4. The number of aliphatic hydroxyl groups excluding tert-OH is 1. The van der Waals surface area contributed by atoms with Crippen LogP contribution in [0.5, 0.6) is 17.2 Å². The summed E-state index contributed by atoms with van der Waals surface area (Å²) in [4.78, 5) is 62.4. The number of nitrogens with one attached hydrogen (secondary N) is 1. The molecule has 1 saturated heterocycles. The molecule has 2 N–H and O–H groups in total. The number of benzene rings is 2. The number of amides is 2. The highest BCUT2D eigenvalue weighted by molar-refractivity contribution is 7.98. The van der Waals surface area contributed by atoms with Gasteiger partial charge in [0.25, 0.3) is 0 Å². The van der Waals surface area contributed by atoms with E-state index in [0.29, 0.717) is 12.1 Å². The zero-order chi connectivity index (χ0) is 37.2. The molecule has 1 spiro atoms. The summed E-state index contributed by atoms with van der Waals surface area (Å²) in [7, 11) is 2.81. The fourth-order valence-electron chi connectivity index (χ4n) is 7.62. The summed E-state index contributed by atoms with van der Waals surface area (Å²) < 4.78 is 17.2. The lowest BCUT2D eigenvalue weighted by atomic mass is 9.69. The number of likely N-dealkylation sites (tertiary alicyclic amines) is 1. The van der Waals surface area contributed by atoms with Crippen LogP contribution in [0.4, 0.5) is 0 Å². The molecular formula is C39H42ClN3O8S. The summed E-state index contributed by atoms with van der Waals surface area (Å²) in [6.07, 6.45) is 7.91. The number of aliphatic hydroxyl groups is 1. The molecule has 4 atom stereocenters. The number of carbonyl (C=O) groups excluding carboxylic acids is 4. The molecule has 3 heterocycles. The van der Waals surface area contributed by atoms with Crippen LogP contribution in [0.25, 0.3) is 0 Å². The van der Waals surface area contributed by atoms with Gasteiger partial charge in [0.15, 0.2) is 17.3 Å². The molecule has 2 amide bonds. The third kappa shape index (κ3) is 6.74. The van der Waals surface area contributed by atoms with Gasteiger partial charge in [-0.25, -0.2) is 0 Å². The van der Waals surface area contributed by atoms with E-state index >= 15 is 0 Å². The quantitative estimate of drug-likeness (QED) is 0.205. The standard InChI is InChI=1S/C39H42ClN3O8S/c1-22-18-28(44)33(37(47)39(22)38(48)34-29(49-2)20-30(50-3)35(40)36(34)51-39)26(23-10-12-25(52-4)13-11-23)19-31(45)42-16-14-32(46)43-17-6-5-9-27(43)24-8-7-15-41-21-24/h7-8,10-13,15,20-22,26-27,47H,5-6,9,14,16-19H2,1-4H3,(H,42,45)/t22-,26?,27?,39+/m1/s1. The first kappa shape index (κ1) is 37.2. The second kappa shape index (κ2) is 15.6. The average Bonchev–Trinajstić information content (AvgIpc) is 3.48. The fraction of sp³-hybridized carbons (Fsp3) is 0.410. The molecular weight excluding hydrogens is 706 g/mol. The van der Waals surface area contributed by atoms with Gasteiger partial charge in [0, 0.05) is 73.1 Å². The van der Waals surface area contributed by atoms with E-state index in [1.54, 1.807) is 31.5 Å². The molecule has 3 aromatic rings. The van der Waals surface area contributed by atoms with Crippen molar-refractivity contribution >= 4 is 46.7 Å². The van der Waals surface area contributed by atoms with E-state index in [-0.39, 0.29) is 71.2 Å². The molecule has 52 heavy (non-hydrogen) atoms. The number of hydrogen-bond acceptors (Lipinski definition) is 10. The normalized spacial score (nSPS) is 21.8. The molecule has 0 bridgehead atoms. The first-order chi connectivity index (χ1) is 25.0.